The molecular formula is C10H14N4O. The van der Waals surface area contributed by atoms with Gasteiger partial charge in [-0.1, -0.05) is 23.3 Å². The monoisotopic (exact) mass is 206 g/mol. The van der Waals surface area contributed by atoms with Gasteiger partial charge in [-0.15, -0.1) is 0 Å². The van der Waals surface area contributed by atoms with Gasteiger partial charge in [0.1, 0.15) is 0 Å². The summed E-state index contributed by atoms with van der Waals surface area (Å²) >= 11 is 0. The molecule has 0 aromatic heterocycles. The van der Waals surface area contributed by atoms with Crippen molar-refractivity contribution in [1.82, 2.24) is 4.90 Å². The largest absolute Gasteiger partial charge is 0.395 e. The van der Waals surface area contributed by atoms with Gasteiger partial charge < -0.3 is 5.11 Å². The van der Waals surface area contributed by atoms with E-state index in [1.165, 1.54) is 0 Å². The molecule has 1 aromatic rings. The number of hydrogen-bond donors (Lipinski definition) is 1. The van der Waals surface area contributed by atoms with E-state index in [2.05, 4.69) is 10.0 Å². The Morgan fingerprint density at radius 1 is 1.53 bits per heavy atom. The van der Waals surface area contributed by atoms with E-state index in [9.17, 15) is 0 Å². The number of benzene rings is 1. The lowest BCUT2D eigenvalue weighted by molar-refractivity contribution is 0.217. The summed E-state index contributed by atoms with van der Waals surface area (Å²) in [7, 11) is 1.93. The molecule has 0 atom stereocenters. The molecule has 0 fully saturated rings. The third-order valence-corrected chi connectivity index (χ3v) is 2.00. The van der Waals surface area contributed by atoms with Gasteiger partial charge in [-0.2, -0.15) is 0 Å². The number of azide groups is 1. The maximum absolute atomic E-state index is 8.75. The van der Waals surface area contributed by atoms with Gasteiger partial charge in [0.25, 0.3) is 0 Å². The van der Waals surface area contributed by atoms with Crippen molar-refractivity contribution in [2.45, 2.75) is 6.54 Å². The van der Waals surface area contributed by atoms with Gasteiger partial charge in [0, 0.05) is 23.7 Å². The molecule has 15 heavy (non-hydrogen) atoms. The van der Waals surface area contributed by atoms with E-state index >= 15 is 0 Å². The van der Waals surface area contributed by atoms with Crippen molar-refractivity contribution in [2.24, 2.45) is 5.11 Å². The number of nitrogens with zero attached hydrogens (tertiary/aromatic N) is 4. The van der Waals surface area contributed by atoms with Crippen LogP contribution in [-0.2, 0) is 6.54 Å². The summed E-state index contributed by atoms with van der Waals surface area (Å²) in [6.07, 6.45) is 0. The first-order valence-electron chi connectivity index (χ1n) is 4.69. The van der Waals surface area contributed by atoms with Crippen LogP contribution < -0.4 is 0 Å². The zero-order chi connectivity index (χ0) is 11.1. The lowest BCUT2D eigenvalue weighted by Crippen LogP contribution is -2.21. The second-order valence-electron chi connectivity index (χ2n) is 3.32. The molecule has 0 unspecified atom stereocenters. The van der Waals surface area contributed by atoms with Crippen LogP contribution in [-0.4, -0.2) is 30.2 Å². The summed E-state index contributed by atoms with van der Waals surface area (Å²) < 4.78 is 0. The van der Waals surface area contributed by atoms with Gasteiger partial charge in [-0.25, -0.2) is 0 Å². The Morgan fingerprint density at radius 3 is 3.00 bits per heavy atom. The first-order chi connectivity index (χ1) is 7.26. The fourth-order valence-electron chi connectivity index (χ4n) is 1.33. The summed E-state index contributed by atoms with van der Waals surface area (Å²) in [5, 5.41) is 12.3. The van der Waals surface area contributed by atoms with Crippen molar-refractivity contribution in [3.63, 3.8) is 0 Å². The van der Waals surface area contributed by atoms with E-state index in [4.69, 9.17) is 10.6 Å². The SMILES string of the molecule is CN(CCO)Cc1cccc(N=[N+]=[N-])c1. The third kappa shape index (κ3) is 3.99. The molecule has 5 heteroatoms. The van der Waals surface area contributed by atoms with Gasteiger partial charge in [-0.05, 0) is 24.2 Å². The smallest absolute Gasteiger partial charge is 0.0558 e. The zero-order valence-corrected chi connectivity index (χ0v) is 8.67. The quantitative estimate of drug-likeness (QED) is 0.455. The molecule has 0 amide bonds. The molecule has 0 saturated heterocycles. The van der Waals surface area contributed by atoms with Crippen LogP contribution in [0.3, 0.4) is 0 Å². The molecule has 1 N–H and O–H groups in total. The molecule has 5 nitrogen and oxygen atoms in total. The fraction of sp³-hybridized carbons (Fsp3) is 0.400. The summed E-state index contributed by atoms with van der Waals surface area (Å²) in [4.78, 5) is 4.73. The van der Waals surface area contributed by atoms with E-state index in [0.29, 0.717) is 12.2 Å². The van der Waals surface area contributed by atoms with E-state index in [1.807, 2.05) is 30.1 Å². The second kappa shape index (κ2) is 6.03. The third-order valence-electron chi connectivity index (χ3n) is 2.00. The van der Waals surface area contributed by atoms with Gasteiger partial charge in [0.2, 0.25) is 0 Å². The highest BCUT2D eigenvalue weighted by Crippen LogP contribution is 2.15. The first kappa shape index (κ1) is 11.5. The maximum Gasteiger partial charge on any atom is 0.0558 e. The number of rotatable bonds is 5. The van der Waals surface area contributed by atoms with E-state index < -0.39 is 0 Å². The lowest BCUT2D eigenvalue weighted by Gasteiger charge is -2.14. The van der Waals surface area contributed by atoms with Crippen LogP contribution in [0.2, 0.25) is 0 Å². The Kier molecular flexibility index (Phi) is 4.63. The Morgan fingerprint density at radius 2 is 2.33 bits per heavy atom. The van der Waals surface area contributed by atoms with Gasteiger partial charge in [0.15, 0.2) is 0 Å². The van der Waals surface area contributed by atoms with Crippen molar-refractivity contribution >= 4 is 5.69 Å². The number of likely N-dealkylation sites (N-methyl/N-ethyl adjacent to an activating group) is 1. The minimum absolute atomic E-state index is 0.145. The first-order valence-corrected chi connectivity index (χ1v) is 4.69. The summed E-state index contributed by atoms with van der Waals surface area (Å²) in [6.45, 7) is 1.51. The maximum atomic E-state index is 8.75. The van der Waals surface area contributed by atoms with Crippen LogP contribution in [0, 0.1) is 0 Å². The zero-order valence-electron chi connectivity index (χ0n) is 8.67. The molecule has 1 rings (SSSR count). The molecule has 0 aliphatic heterocycles. The topological polar surface area (TPSA) is 72.2 Å². The molecular weight excluding hydrogens is 192 g/mol. The molecule has 1 aromatic carbocycles. The molecule has 0 heterocycles. The Labute approximate surface area is 88.6 Å². The average Bonchev–Trinajstić information content (AvgIpc) is 2.19. The highest BCUT2D eigenvalue weighted by Gasteiger charge is 1.99. The molecule has 0 radical (unpaired) electrons. The minimum Gasteiger partial charge on any atom is -0.395 e. The van der Waals surface area contributed by atoms with Crippen molar-refractivity contribution in [3.8, 4) is 0 Å². The van der Waals surface area contributed by atoms with Crippen molar-refractivity contribution in [2.75, 3.05) is 20.2 Å². The highest BCUT2D eigenvalue weighted by atomic mass is 16.3. The summed E-state index contributed by atoms with van der Waals surface area (Å²) in [5.41, 5.74) is 9.98. The number of aliphatic hydroxyl groups excluding tert-OH is 1. The molecule has 0 saturated carbocycles. The van der Waals surface area contributed by atoms with Crippen LogP contribution in [0.25, 0.3) is 10.4 Å². The Hall–Kier alpha value is -1.55. The fourth-order valence-corrected chi connectivity index (χ4v) is 1.33. The summed E-state index contributed by atoms with van der Waals surface area (Å²) in [5.74, 6) is 0. The Bertz CT molecular complexity index is 360. The van der Waals surface area contributed by atoms with Gasteiger partial charge >= 0.3 is 0 Å². The molecule has 0 aliphatic carbocycles. The molecule has 0 bridgehead atoms. The Balaban J connectivity index is 2.68. The summed E-state index contributed by atoms with van der Waals surface area (Å²) in [6, 6.07) is 7.42. The number of aliphatic hydroxyl groups is 1. The van der Waals surface area contributed by atoms with Crippen molar-refractivity contribution in [1.29, 1.82) is 0 Å². The normalized spacial score (nSPS) is 10.1. The van der Waals surface area contributed by atoms with Crippen molar-refractivity contribution < 1.29 is 5.11 Å². The minimum atomic E-state index is 0.145. The van der Waals surface area contributed by atoms with Gasteiger partial charge in [0.05, 0.1) is 6.61 Å². The van der Waals surface area contributed by atoms with Crippen LogP contribution in [0.15, 0.2) is 29.4 Å². The second-order valence-corrected chi connectivity index (χ2v) is 3.32. The van der Waals surface area contributed by atoms with E-state index in [0.717, 1.165) is 12.1 Å². The standard InChI is InChI=1S/C10H14N4O/c1-14(5-6-15)8-9-3-2-4-10(7-9)12-13-11/h2-4,7,15H,5-6,8H2,1H3. The van der Waals surface area contributed by atoms with Crippen molar-refractivity contribution in [3.05, 3.63) is 40.3 Å². The van der Waals surface area contributed by atoms with Crippen LogP contribution >= 0.6 is 0 Å². The predicted octanol–water partition coefficient (Wildman–Crippen LogP) is 2.05. The lowest BCUT2D eigenvalue weighted by atomic mass is 10.2. The average molecular weight is 206 g/mol. The molecule has 0 aliphatic rings. The molecule has 0 spiro atoms. The molecule has 80 valence electrons. The highest BCUT2D eigenvalue weighted by molar-refractivity contribution is 5.39. The van der Waals surface area contributed by atoms with Crippen LogP contribution in [0.1, 0.15) is 5.56 Å². The van der Waals surface area contributed by atoms with E-state index in [-0.39, 0.29) is 6.61 Å². The van der Waals surface area contributed by atoms with Crippen LogP contribution in [0.4, 0.5) is 5.69 Å². The number of hydrogen-bond acceptors (Lipinski definition) is 3. The van der Waals surface area contributed by atoms with Gasteiger partial charge in [-0.3, -0.25) is 4.90 Å². The van der Waals surface area contributed by atoms with Crippen LogP contribution in [0.5, 0.6) is 0 Å². The predicted molar refractivity (Wildman–Crippen MR) is 58.7 cm³/mol. The van der Waals surface area contributed by atoms with E-state index in [1.54, 1.807) is 6.07 Å².